The van der Waals surface area contributed by atoms with Gasteiger partial charge in [-0.15, -0.1) is 0 Å². The molecular weight excluding hydrogens is 230 g/mol. The average Bonchev–Trinajstić information content (AvgIpc) is 3.04. The predicted molar refractivity (Wildman–Crippen MR) is 68.3 cm³/mol. The van der Waals surface area contributed by atoms with Crippen LogP contribution in [0.3, 0.4) is 0 Å². The molecule has 1 aliphatic rings. The van der Waals surface area contributed by atoms with E-state index in [4.69, 9.17) is 9.26 Å². The van der Waals surface area contributed by atoms with Crippen molar-refractivity contribution >= 4 is 0 Å². The number of ether oxygens (including phenoxy) is 1. The maximum atomic E-state index is 5.37. The Balaban J connectivity index is 1.84. The van der Waals surface area contributed by atoms with Gasteiger partial charge in [0.25, 0.3) is 0 Å². The van der Waals surface area contributed by atoms with Gasteiger partial charge in [-0.2, -0.15) is 4.98 Å². The predicted octanol–water partition coefficient (Wildman–Crippen LogP) is 2.10. The van der Waals surface area contributed by atoms with Crippen LogP contribution in [-0.4, -0.2) is 30.3 Å². The van der Waals surface area contributed by atoms with Crippen molar-refractivity contribution in [1.29, 1.82) is 0 Å². The summed E-state index contributed by atoms with van der Waals surface area (Å²) in [7, 11) is 1.69. The van der Waals surface area contributed by atoms with Gasteiger partial charge in [0.2, 0.25) is 11.7 Å². The van der Waals surface area contributed by atoms with E-state index in [0.29, 0.717) is 5.82 Å². The minimum absolute atomic E-state index is 0.0272. The summed E-state index contributed by atoms with van der Waals surface area (Å²) >= 11 is 0. The molecule has 1 aliphatic heterocycles. The number of rotatable bonds is 7. The largest absolute Gasteiger partial charge is 0.373 e. The lowest BCUT2D eigenvalue weighted by molar-refractivity contribution is 0.0854. The first-order valence-corrected chi connectivity index (χ1v) is 6.89. The van der Waals surface area contributed by atoms with Crippen LogP contribution >= 0.6 is 0 Å². The van der Waals surface area contributed by atoms with Crippen LogP contribution in [0.15, 0.2) is 4.52 Å². The van der Waals surface area contributed by atoms with Gasteiger partial charge in [0.1, 0.15) is 6.10 Å². The minimum atomic E-state index is -0.0272. The summed E-state index contributed by atoms with van der Waals surface area (Å²) in [5.74, 6) is 2.20. The zero-order valence-corrected chi connectivity index (χ0v) is 11.3. The molecule has 0 amide bonds. The van der Waals surface area contributed by atoms with Gasteiger partial charge in [-0.3, -0.25) is 0 Å². The quantitative estimate of drug-likeness (QED) is 0.806. The molecule has 5 nitrogen and oxygen atoms in total. The van der Waals surface area contributed by atoms with Crippen LogP contribution in [-0.2, 0) is 11.2 Å². The zero-order chi connectivity index (χ0) is 12.8. The Bertz CT molecular complexity index is 348. The third-order valence-corrected chi connectivity index (χ3v) is 3.54. The summed E-state index contributed by atoms with van der Waals surface area (Å²) in [6.45, 7) is 4.39. The summed E-state index contributed by atoms with van der Waals surface area (Å²) in [6, 6.07) is 0. The molecule has 1 N–H and O–H groups in total. The van der Waals surface area contributed by atoms with Crippen LogP contribution < -0.4 is 5.32 Å². The van der Waals surface area contributed by atoms with Gasteiger partial charge < -0.3 is 14.6 Å². The zero-order valence-electron chi connectivity index (χ0n) is 11.3. The molecule has 0 saturated carbocycles. The van der Waals surface area contributed by atoms with Gasteiger partial charge in [-0.1, -0.05) is 18.5 Å². The van der Waals surface area contributed by atoms with E-state index in [0.717, 1.165) is 50.6 Å². The number of aromatic nitrogens is 2. The Hall–Kier alpha value is -0.940. The van der Waals surface area contributed by atoms with Gasteiger partial charge in [0, 0.05) is 13.5 Å². The van der Waals surface area contributed by atoms with Gasteiger partial charge in [-0.25, -0.2) is 0 Å². The number of nitrogens with zero attached hydrogens (tertiary/aromatic N) is 2. The van der Waals surface area contributed by atoms with E-state index >= 15 is 0 Å². The summed E-state index contributed by atoms with van der Waals surface area (Å²) in [5.41, 5.74) is 0. The fraction of sp³-hybridized carbons (Fsp3) is 0.846. The lowest BCUT2D eigenvalue weighted by Crippen LogP contribution is -2.09. The molecular formula is C13H23N3O2. The van der Waals surface area contributed by atoms with Crippen molar-refractivity contribution in [3.05, 3.63) is 11.7 Å². The summed E-state index contributed by atoms with van der Waals surface area (Å²) in [4.78, 5) is 4.44. The summed E-state index contributed by atoms with van der Waals surface area (Å²) in [6.07, 6.45) is 5.22. The molecule has 0 radical (unpaired) electrons. The van der Waals surface area contributed by atoms with E-state index in [1.807, 2.05) is 0 Å². The van der Waals surface area contributed by atoms with Crippen LogP contribution in [0.4, 0.5) is 0 Å². The first kappa shape index (κ1) is 13.5. The van der Waals surface area contributed by atoms with Gasteiger partial charge in [0.05, 0.1) is 0 Å². The third-order valence-electron chi connectivity index (χ3n) is 3.54. The topological polar surface area (TPSA) is 60.2 Å². The maximum Gasteiger partial charge on any atom is 0.226 e. The summed E-state index contributed by atoms with van der Waals surface area (Å²) in [5, 5.41) is 7.40. The Labute approximate surface area is 108 Å². The highest BCUT2D eigenvalue weighted by atomic mass is 16.5. The minimum Gasteiger partial charge on any atom is -0.373 e. The van der Waals surface area contributed by atoms with E-state index in [1.165, 1.54) is 6.42 Å². The molecule has 2 heterocycles. The highest BCUT2D eigenvalue weighted by molar-refractivity contribution is 4.92. The first-order chi connectivity index (χ1) is 8.83. The fourth-order valence-corrected chi connectivity index (χ4v) is 2.40. The van der Waals surface area contributed by atoms with Crippen molar-refractivity contribution < 1.29 is 9.26 Å². The van der Waals surface area contributed by atoms with Crippen LogP contribution in [0.2, 0.25) is 0 Å². The summed E-state index contributed by atoms with van der Waals surface area (Å²) < 4.78 is 10.7. The van der Waals surface area contributed by atoms with Crippen LogP contribution in [0, 0.1) is 5.92 Å². The van der Waals surface area contributed by atoms with Crippen molar-refractivity contribution in [1.82, 2.24) is 15.5 Å². The van der Waals surface area contributed by atoms with Crippen LogP contribution in [0.25, 0.3) is 0 Å². The number of aryl methyl sites for hydroxylation is 1. The van der Waals surface area contributed by atoms with Crippen molar-refractivity contribution in [2.75, 3.05) is 20.2 Å². The van der Waals surface area contributed by atoms with E-state index in [1.54, 1.807) is 7.11 Å². The first-order valence-electron chi connectivity index (χ1n) is 6.89. The Morgan fingerprint density at radius 2 is 2.44 bits per heavy atom. The van der Waals surface area contributed by atoms with Crippen LogP contribution in [0.1, 0.15) is 50.4 Å². The van der Waals surface area contributed by atoms with E-state index in [-0.39, 0.29) is 6.10 Å². The third kappa shape index (κ3) is 3.53. The molecule has 102 valence electrons. The highest BCUT2D eigenvalue weighted by Gasteiger charge is 2.19. The molecule has 0 aliphatic carbocycles. The highest BCUT2D eigenvalue weighted by Crippen LogP contribution is 2.20. The smallest absolute Gasteiger partial charge is 0.226 e. The second kappa shape index (κ2) is 6.85. The van der Waals surface area contributed by atoms with Gasteiger partial charge in [0.15, 0.2) is 0 Å². The number of hydrogen-bond acceptors (Lipinski definition) is 5. The Morgan fingerprint density at radius 3 is 3.11 bits per heavy atom. The molecule has 1 aromatic rings. The number of methoxy groups -OCH3 is 1. The average molecular weight is 253 g/mol. The SMILES string of the molecule is CCCC(OC)c1noc(CCC2CCNC2)n1. The molecule has 0 bridgehead atoms. The molecule has 2 atom stereocenters. The molecule has 1 aromatic heterocycles. The molecule has 0 spiro atoms. The Morgan fingerprint density at radius 1 is 1.56 bits per heavy atom. The molecule has 1 fully saturated rings. The van der Waals surface area contributed by atoms with E-state index in [9.17, 15) is 0 Å². The molecule has 18 heavy (non-hydrogen) atoms. The van der Waals surface area contributed by atoms with Crippen molar-refractivity contribution in [3.8, 4) is 0 Å². The lowest BCUT2D eigenvalue weighted by atomic mass is 10.0. The monoisotopic (exact) mass is 253 g/mol. The van der Waals surface area contributed by atoms with Crippen molar-refractivity contribution in [2.24, 2.45) is 5.92 Å². The number of hydrogen-bond donors (Lipinski definition) is 1. The molecule has 1 saturated heterocycles. The second-order valence-corrected chi connectivity index (χ2v) is 4.96. The van der Waals surface area contributed by atoms with Crippen molar-refractivity contribution in [2.45, 2.75) is 45.1 Å². The molecule has 5 heteroatoms. The Kier molecular flexibility index (Phi) is 5.13. The fourth-order valence-electron chi connectivity index (χ4n) is 2.40. The van der Waals surface area contributed by atoms with E-state index in [2.05, 4.69) is 22.4 Å². The normalized spacial score (nSPS) is 21.3. The van der Waals surface area contributed by atoms with Gasteiger partial charge in [-0.05, 0) is 38.3 Å². The number of nitrogens with one attached hydrogen (secondary N) is 1. The molecule has 0 aromatic carbocycles. The molecule has 2 rings (SSSR count). The standard InChI is InChI=1S/C13H23N3O2/c1-3-4-11(17-2)13-15-12(18-16-13)6-5-10-7-8-14-9-10/h10-11,14H,3-9H2,1-2H3. The second-order valence-electron chi connectivity index (χ2n) is 4.96. The van der Waals surface area contributed by atoms with Crippen LogP contribution in [0.5, 0.6) is 0 Å². The molecule has 2 unspecified atom stereocenters. The van der Waals surface area contributed by atoms with Gasteiger partial charge >= 0.3 is 0 Å². The van der Waals surface area contributed by atoms with E-state index < -0.39 is 0 Å². The maximum absolute atomic E-state index is 5.37. The van der Waals surface area contributed by atoms with Crippen molar-refractivity contribution in [3.63, 3.8) is 0 Å². The lowest BCUT2D eigenvalue weighted by Gasteiger charge is -2.08.